The molecule has 0 unspecified atom stereocenters. The number of nitrogens with zero attached hydrogens (tertiary/aromatic N) is 1. The standard InChI is InChI=1S/C19H17NO3/c1-14-13-15(4-10-19(14)22-2)3-9-18(21)16-5-7-17(8-6-16)23-12-11-20/h3-10,13H,12H2,1-2H3/b9-3+. The SMILES string of the molecule is COc1ccc(/C=C/C(=O)c2ccc(OCC#N)cc2)cc1C. The molecule has 0 aliphatic heterocycles. The topological polar surface area (TPSA) is 59.3 Å². The van der Waals surface area contributed by atoms with Crippen LogP contribution in [0.4, 0.5) is 0 Å². The highest BCUT2D eigenvalue weighted by atomic mass is 16.5. The highest BCUT2D eigenvalue weighted by Crippen LogP contribution is 2.19. The van der Waals surface area contributed by atoms with Crippen molar-refractivity contribution in [1.82, 2.24) is 0 Å². The molecule has 0 heterocycles. The van der Waals surface area contributed by atoms with Gasteiger partial charge in [0.1, 0.15) is 17.6 Å². The number of hydrogen-bond acceptors (Lipinski definition) is 4. The molecule has 0 amide bonds. The van der Waals surface area contributed by atoms with Crippen LogP contribution < -0.4 is 9.47 Å². The van der Waals surface area contributed by atoms with Crippen LogP contribution in [0.25, 0.3) is 6.08 Å². The first-order valence-corrected chi connectivity index (χ1v) is 7.11. The van der Waals surface area contributed by atoms with E-state index in [1.165, 1.54) is 6.08 Å². The summed E-state index contributed by atoms with van der Waals surface area (Å²) in [5.74, 6) is 1.30. The van der Waals surface area contributed by atoms with Crippen molar-refractivity contribution in [2.75, 3.05) is 13.7 Å². The quantitative estimate of drug-likeness (QED) is 0.601. The Morgan fingerprint density at radius 2 is 1.96 bits per heavy atom. The zero-order valence-corrected chi connectivity index (χ0v) is 13.1. The number of nitriles is 1. The summed E-state index contributed by atoms with van der Waals surface area (Å²) in [6.07, 6.45) is 3.31. The maximum absolute atomic E-state index is 12.1. The average Bonchev–Trinajstić information content (AvgIpc) is 2.58. The van der Waals surface area contributed by atoms with Crippen LogP contribution in [0.15, 0.2) is 48.5 Å². The summed E-state index contributed by atoms with van der Waals surface area (Å²) < 4.78 is 10.4. The number of allylic oxidation sites excluding steroid dienone is 1. The van der Waals surface area contributed by atoms with E-state index in [1.807, 2.05) is 31.2 Å². The number of hydrogen-bond donors (Lipinski definition) is 0. The molecule has 2 aromatic rings. The fourth-order valence-corrected chi connectivity index (χ4v) is 2.10. The van der Waals surface area contributed by atoms with Crippen LogP contribution in [0.3, 0.4) is 0 Å². The first-order valence-electron chi connectivity index (χ1n) is 7.11. The Morgan fingerprint density at radius 3 is 2.57 bits per heavy atom. The van der Waals surface area contributed by atoms with E-state index in [1.54, 1.807) is 37.5 Å². The minimum atomic E-state index is -0.0923. The van der Waals surface area contributed by atoms with Gasteiger partial charge in [0.25, 0.3) is 0 Å². The number of ketones is 1. The molecule has 0 aliphatic rings. The summed E-state index contributed by atoms with van der Waals surface area (Å²) in [4.78, 5) is 12.1. The van der Waals surface area contributed by atoms with Crippen molar-refractivity contribution in [2.45, 2.75) is 6.92 Å². The molecule has 4 nitrogen and oxygen atoms in total. The molecule has 0 aromatic heterocycles. The van der Waals surface area contributed by atoms with Crippen LogP contribution in [-0.2, 0) is 0 Å². The molecule has 0 saturated carbocycles. The fraction of sp³-hybridized carbons (Fsp3) is 0.158. The number of carbonyl (C=O) groups excluding carboxylic acids is 1. The smallest absolute Gasteiger partial charge is 0.185 e. The molecule has 2 rings (SSSR count). The molecular formula is C19H17NO3. The van der Waals surface area contributed by atoms with E-state index in [2.05, 4.69) is 0 Å². The first-order chi connectivity index (χ1) is 11.1. The van der Waals surface area contributed by atoms with Gasteiger partial charge in [0, 0.05) is 5.56 Å². The third kappa shape index (κ3) is 4.45. The van der Waals surface area contributed by atoms with E-state index in [0.29, 0.717) is 11.3 Å². The van der Waals surface area contributed by atoms with Gasteiger partial charge in [0.05, 0.1) is 7.11 Å². The largest absolute Gasteiger partial charge is 0.496 e. The second-order valence-corrected chi connectivity index (χ2v) is 4.90. The van der Waals surface area contributed by atoms with E-state index in [-0.39, 0.29) is 12.4 Å². The Labute approximate surface area is 135 Å². The van der Waals surface area contributed by atoms with E-state index in [0.717, 1.165) is 16.9 Å². The van der Waals surface area contributed by atoms with E-state index < -0.39 is 0 Å². The molecule has 0 bridgehead atoms. The third-order valence-electron chi connectivity index (χ3n) is 3.29. The first kappa shape index (κ1) is 16.3. The lowest BCUT2D eigenvalue weighted by atomic mass is 10.1. The molecule has 2 aromatic carbocycles. The summed E-state index contributed by atoms with van der Waals surface area (Å²) in [6.45, 7) is 1.95. The molecule has 0 radical (unpaired) electrons. The maximum atomic E-state index is 12.1. The van der Waals surface area contributed by atoms with Gasteiger partial charge in [0.2, 0.25) is 0 Å². The molecular weight excluding hydrogens is 290 g/mol. The summed E-state index contributed by atoms with van der Waals surface area (Å²) >= 11 is 0. The van der Waals surface area contributed by atoms with Gasteiger partial charge in [-0.25, -0.2) is 0 Å². The van der Waals surface area contributed by atoms with Gasteiger partial charge in [-0.1, -0.05) is 12.1 Å². The third-order valence-corrected chi connectivity index (χ3v) is 3.29. The number of ether oxygens (including phenoxy) is 2. The molecule has 0 aliphatic carbocycles. The zero-order chi connectivity index (χ0) is 16.7. The lowest BCUT2D eigenvalue weighted by Crippen LogP contribution is -1.96. The molecule has 0 atom stereocenters. The molecule has 0 saturated heterocycles. The monoisotopic (exact) mass is 307 g/mol. The summed E-state index contributed by atoms with van der Waals surface area (Å²) in [6, 6.07) is 14.3. The maximum Gasteiger partial charge on any atom is 0.185 e. The fourth-order valence-electron chi connectivity index (χ4n) is 2.10. The number of aryl methyl sites for hydroxylation is 1. The number of rotatable bonds is 6. The van der Waals surface area contributed by atoms with E-state index in [4.69, 9.17) is 14.7 Å². The molecule has 0 spiro atoms. The summed E-state index contributed by atoms with van der Waals surface area (Å²) in [7, 11) is 1.63. The molecule has 0 N–H and O–H groups in total. The Balaban J connectivity index is 2.06. The second kappa shape index (κ2) is 7.81. The molecule has 4 heteroatoms. The van der Waals surface area contributed by atoms with Crippen LogP contribution in [0, 0.1) is 18.3 Å². The number of benzene rings is 2. The predicted molar refractivity (Wildman–Crippen MR) is 88.6 cm³/mol. The van der Waals surface area contributed by atoms with Crippen LogP contribution in [0.5, 0.6) is 11.5 Å². The Morgan fingerprint density at radius 1 is 1.22 bits per heavy atom. The highest BCUT2D eigenvalue weighted by Gasteiger charge is 2.03. The summed E-state index contributed by atoms with van der Waals surface area (Å²) in [5, 5.41) is 8.45. The minimum Gasteiger partial charge on any atom is -0.496 e. The van der Waals surface area contributed by atoms with E-state index in [9.17, 15) is 4.79 Å². The lowest BCUT2D eigenvalue weighted by molar-refractivity contribution is 0.104. The van der Waals surface area contributed by atoms with Crippen molar-refractivity contribution in [3.8, 4) is 17.6 Å². The Bertz CT molecular complexity index is 755. The van der Waals surface area contributed by atoms with Gasteiger partial charge < -0.3 is 9.47 Å². The lowest BCUT2D eigenvalue weighted by Gasteiger charge is -2.04. The summed E-state index contributed by atoms with van der Waals surface area (Å²) in [5.41, 5.74) is 2.52. The zero-order valence-electron chi connectivity index (χ0n) is 13.1. The Hall–Kier alpha value is -3.06. The van der Waals surface area contributed by atoms with Gasteiger partial charge in [0.15, 0.2) is 12.4 Å². The van der Waals surface area contributed by atoms with Gasteiger partial charge in [-0.2, -0.15) is 5.26 Å². The van der Waals surface area contributed by atoms with E-state index >= 15 is 0 Å². The average molecular weight is 307 g/mol. The normalized spacial score (nSPS) is 10.3. The van der Waals surface area contributed by atoms with Crippen LogP contribution in [0.2, 0.25) is 0 Å². The highest BCUT2D eigenvalue weighted by molar-refractivity contribution is 6.06. The van der Waals surface area contributed by atoms with Crippen molar-refractivity contribution < 1.29 is 14.3 Å². The second-order valence-electron chi connectivity index (χ2n) is 4.90. The van der Waals surface area contributed by atoms with Crippen molar-refractivity contribution in [1.29, 1.82) is 5.26 Å². The van der Waals surface area contributed by atoms with Crippen molar-refractivity contribution in [3.05, 3.63) is 65.2 Å². The number of carbonyl (C=O) groups is 1. The van der Waals surface area contributed by atoms with Gasteiger partial charge >= 0.3 is 0 Å². The van der Waals surface area contributed by atoms with Crippen molar-refractivity contribution >= 4 is 11.9 Å². The van der Waals surface area contributed by atoms with Gasteiger partial charge in [-0.05, 0) is 60.5 Å². The van der Waals surface area contributed by atoms with Gasteiger partial charge in [-0.15, -0.1) is 0 Å². The van der Waals surface area contributed by atoms with Crippen LogP contribution in [-0.4, -0.2) is 19.5 Å². The van der Waals surface area contributed by atoms with Crippen molar-refractivity contribution in [2.24, 2.45) is 0 Å². The Kier molecular flexibility index (Phi) is 5.54. The molecule has 0 fully saturated rings. The molecule has 116 valence electrons. The van der Waals surface area contributed by atoms with Crippen LogP contribution in [0.1, 0.15) is 21.5 Å². The minimum absolute atomic E-state index is 0.00990. The van der Waals surface area contributed by atoms with Gasteiger partial charge in [-0.3, -0.25) is 4.79 Å². The predicted octanol–water partition coefficient (Wildman–Crippen LogP) is 3.80. The number of methoxy groups -OCH3 is 1. The van der Waals surface area contributed by atoms with Crippen molar-refractivity contribution in [3.63, 3.8) is 0 Å². The van der Waals surface area contributed by atoms with Crippen LogP contribution >= 0.6 is 0 Å². The molecule has 23 heavy (non-hydrogen) atoms.